The van der Waals surface area contributed by atoms with Crippen LogP contribution in [0.5, 0.6) is 0 Å². The fraction of sp³-hybridized carbons (Fsp3) is 0.250. The number of halogens is 2. The molecule has 1 unspecified atom stereocenters. The monoisotopic (exact) mass is 323 g/mol. The summed E-state index contributed by atoms with van der Waals surface area (Å²) in [5.74, 6) is -6.17. The first-order valence-electron chi connectivity index (χ1n) is 6.77. The second kappa shape index (κ2) is 6.20. The van der Waals surface area contributed by atoms with Gasteiger partial charge in [-0.2, -0.15) is 0 Å². The van der Waals surface area contributed by atoms with E-state index < -0.39 is 29.6 Å². The lowest BCUT2D eigenvalue weighted by Crippen LogP contribution is -2.38. The van der Waals surface area contributed by atoms with Crippen molar-refractivity contribution in [2.24, 2.45) is 0 Å². The van der Waals surface area contributed by atoms with Gasteiger partial charge >= 0.3 is 5.97 Å². The summed E-state index contributed by atoms with van der Waals surface area (Å²) in [7, 11) is 0. The van der Waals surface area contributed by atoms with Crippen LogP contribution < -0.4 is 5.32 Å². The molecule has 2 aromatic rings. The van der Waals surface area contributed by atoms with Crippen LogP contribution in [0.25, 0.3) is 0 Å². The number of carboxylic acid groups (broad SMARTS) is 1. The molecule has 0 aliphatic heterocycles. The van der Waals surface area contributed by atoms with E-state index in [9.17, 15) is 18.4 Å². The lowest BCUT2D eigenvalue weighted by Gasteiger charge is -2.24. The second-order valence-electron chi connectivity index (χ2n) is 5.20. The number of carbonyl (C=O) groups is 2. The van der Waals surface area contributed by atoms with Crippen LogP contribution in [0.3, 0.4) is 0 Å². The Morgan fingerprint density at radius 1 is 1.26 bits per heavy atom. The molecule has 122 valence electrons. The predicted octanol–water partition coefficient (Wildman–Crippen LogP) is 3.41. The average molecular weight is 323 g/mol. The summed E-state index contributed by atoms with van der Waals surface area (Å²) >= 11 is 0. The molecule has 7 heteroatoms. The highest BCUT2D eigenvalue weighted by Gasteiger charge is 2.37. The Morgan fingerprint density at radius 2 is 1.87 bits per heavy atom. The van der Waals surface area contributed by atoms with Crippen LogP contribution in [0.2, 0.25) is 0 Å². The van der Waals surface area contributed by atoms with E-state index in [-0.39, 0.29) is 16.9 Å². The van der Waals surface area contributed by atoms with Gasteiger partial charge in [-0.05, 0) is 18.6 Å². The molecular formula is C16H15F2NO4. The topological polar surface area (TPSA) is 79.5 Å². The summed E-state index contributed by atoms with van der Waals surface area (Å²) in [4.78, 5) is 23.0. The van der Waals surface area contributed by atoms with Crippen molar-refractivity contribution in [2.75, 3.05) is 0 Å². The zero-order chi connectivity index (χ0) is 17.2. The first-order valence-corrected chi connectivity index (χ1v) is 6.77. The zero-order valence-corrected chi connectivity index (χ0v) is 12.5. The number of hydrogen-bond donors (Lipinski definition) is 2. The molecular weight excluding hydrogens is 308 g/mol. The van der Waals surface area contributed by atoms with Crippen molar-refractivity contribution in [1.82, 2.24) is 5.32 Å². The highest BCUT2D eigenvalue weighted by atomic mass is 19.3. The Balaban J connectivity index is 2.28. The largest absolute Gasteiger partial charge is 0.475 e. The van der Waals surface area contributed by atoms with Gasteiger partial charge in [-0.15, -0.1) is 0 Å². The molecule has 0 saturated carbocycles. The van der Waals surface area contributed by atoms with Gasteiger partial charge in [0.2, 0.25) is 5.76 Å². The van der Waals surface area contributed by atoms with Gasteiger partial charge < -0.3 is 14.8 Å². The molecule has 1 heterocycles. The summed E-state index contributed by atoms with van der Waals surface area (Å²) in [5, 5.41) is 11.1. The number of rotatable bonds is 5. The Morgan fingerprint density at radius 3 is 2.35 bits per heavy atom. The van der Waals surface area contributed by atoms with Gasteiger partial charge in [-0.3, -0.25) is 4.79 Å². The summed E-state index contributed by atoms with van der Waals surface area (Å²) < 4.78 is 32.6. The lowest BCUT2D eigenvalue weighted by molar-refractivity contribution is -0.0182. The molecule has 0 aliphatic carbocycles. The number of nitrogens with one attached hydrogen (secondary N) is 1. The van der Waals surface area contributed by atoms with E-state index >= 15 is 0 Å². The third-order valence-electron chi connectivity index (χ3n) is 3.25. The quantitative estimate of drug-likeness (QED) is 0.883. The Labute approximate surface area is 130 Å². The molecule has 1 amide bonds. The number of amides is 1. The van der Waals surface area contributed by atoms with Crippen molar-refractivity contribution in [1.29, 1.82) is 0 Å². The fourth-order valence-corrected chi connectivity index (χ4v) is 2.16. The molecule has 1 atom stereocenters. The molecule has 0 saturated heterocycles. The van der Waals surface area contributed by atoms with E-state index in [1.165, 1.54) is 25.1 Å². The molecule has 1 aromatic carbocycles. The highest BCUT2D eigenvalue weighted by Crippen LogP contribution is 2.31. The van der Waals surface area contributed by atoms with E-state index in [2.05, 4.69) is 5.32 Å². The van der Waals surface area contributed by atoms with Crippen molar-refractivity contribution in [2.45, 2.75) is 25.8 Å². The van der Waals surface area contributed by atoms with Crippen molar-refractivity contribution in [3.05, 3.63) is 59.0 Å². The standard InChI is InChI=1S/C16H15F2NO4/c1-9-8-11(23-12(9)15(21)22)14(20)19-13(16(2,17)18)10-6-4-3-5-7-10/h3-8,13H,1-2H3,(H,19,20)(H,21,22). The minimum absolute atomic E-state index is 0.232. The van der Waals surface area contributed by atoms with Crippen LogP contribution >= 0.6 is 0 Å². The number of aromatic carboxylic acids is 1. The van der Waals surface area contributed by atoms with Crippen LogP contribution in [0, 0.1) is 6.92 Å². The fourth-order valence-electron chi connectivity index (χ4n) is 2.16. The average Bonchev–Trinajstić information content (AvgIpc) is 2.86. The van der Waals surface area contributed by atoms with Crippen molar-refractivity contribution < 1.29 is 27.9 Å². The highest BCUT2D eigenvalue weighted by molar-refractivity contribution is 5.94. The number of benzene rings is 1. The third kappa shape index (κ3) is 3.74. The molecule has 5 nitrogen and oxygen atoms in total. The van der Waals surface area contributed by atoms with Crippen molar-refractivity contribution in [3.63, 3.8) is 0 Å². The number of carbonyl (C=O) groups excluding carboxylic acids is 1. The van der Waals surface area contributed by atoms with Crippen LogP contribution in [0.4, 0.5) is 8.78 Å². The molecule has 0 spiro atoms. The molecule has 0 radical (unpaired) electrons. The first kappa shape index (κ1) is 16.7. The predicted molar refractivity (Wildman–Crippen MR) is 77.7 cm³/mol. The van der Waals surface area contributed by atoms with E-state index in [1.54, 1.807) is 18.2 Å². The van der Waals surface area contributed by atoms with Gasteiger partial charge in [-0.25, -0.2) is 13.6 Å². The maximum atomic E-state index is 13.8. The van der Waals surface area contributed by atoms with Gasteiger partial charge in [0.1, 0.15) is 6.04 Å². The number of carboxylic acids is 1. The van der Waals surface area contributed by atoms with Crippen LogP contribution in [-0.2, 0) is 0 Å². The number of hydrogen-bond acceptors (Lipinski definition) is 3. The minimum atomic E-state index is -3.21. The van der Waals surface area contributed by atoms with Gasteiger partial charge in [0.15, 0.2) is 5.76 Å². The minimum Gasteiger partial charge on any atom is -0.475 e. The molecule has 0 fully saturated rings. The first-order chi connectivity index (χ1) is 10.7. The molecule has 1 aromatic heterocycles. The Bertz CT molecular complexity index is 719. The SMILES string of the molecule is Cc1cc(C(=O)NC(c2ccccc2)C(C)(F)F)oc1C(=O)O. The van der Waals surface area contributed by atoms with E-state index in [0.29, 0.717) is 6.92 Å². The summed E-state index contributed by atoms with van der Waals surface area (Å²) in [6, 6.07) is 7.42. The van der Waals surface area contributed by atoms with Gasteiger partial charge in [0, 0.05) is 12.5 Å². The van der Waals surface area contributed by atoms with E-state index in [0.717, 1.165) is 0 Å². The van der Waals surface area contributed by atoms with E-state index in [1.807, 2.05) is 0 Å². The molecule has 23 heavy (non-hydrogen) atoms. The number of aryl methyl sites for hydroxylation is 1. The van der Waals surface area contributed by atoms with E-state index in [4.69, 9.17) is 9.52 Å². The summed E-state index contributed by atoms with van der Waals surface area (Å²) in [6.45, 7) is 2.15. The van der Waals surface area contributed by atoms with Gasteiger partial charge in [0.05, 0.1) is 0 Å². The number of alkyl halides is 2. The zero-order valence-electron chi connectivity index (χ0n) is 12.5. The molecule has 2 rings (SSSR count). The van der Waals surface area contributed by atoms with Gasteiger partial charge in [-0.1, -0.05) is 30.3 Å². The Kier molecular flexibility index (Phi) is 4.49. The Hall–Kier alpha value is -2.70. The molecule has 0 bridgehead atoms. The van der Waals surface area contributed by atoms with Gasteiger partial charge in [0.25, 0.3) is 11.8 Å². The summed E-state index contributed by atoms with van der Waals surface area (Å²) in [6.07, 6.45) is 0. The van der Waals surface area contributed by atoms with Crippen molar-refractivity contribution in [3.8, 4) is 0 Å². The maximum Gasteiger partial charge on any atom is 0.372 e. The summed E-state index contributed by atoms with van der Waals surface area (Å²) in [5.41, 5.74) is 0.470. The molecule has 2 N–H and O–H groups in total. The number of furan rings is 1. The normalized spacial score (nSPS) is 12.7. The lowest BCUT2D eigenvalue weighted by atomic mass is 10.0. The smallest absolute Gasteiger partial charge is 0.372 e. The molecule has 0 aliphatic rings. The maximum absolute atomic E-state index is 13.8. The second-order valence-corrected chi connectivity index (χ2v) is 5.20. The van der Waals surface area contributed by atoms with Crippen LogP contribution in [-0.4, -0.2) is 22.9 Å². The van der Waals surface area contributed by atoms with Crippen molar-refractivity contribution >= 4 is 11.9 Å². The van der Waals surface area contributed by atoms with Crippen LogP contribution in [0.1, 0.15) is 45.2 Å². The van der Waals surface area contributed by atoms with Crippen LogP contribution in [0.15, 0.2) is 40.8 Å². The third-order valence-corrected chi connectivity index (χ3v) is 3.25.